The Labute approximate surface area is 134 Å². The van der Waals surface area contributed by atoms with Gasteiger partial charge >= 0.3 is 6.18 Å². The lowest BCUT2D eigenvalue weighted by atomic mass is 10.0. The number of amides is 1. The molecule has 8 heteroatoms. The first-order valence-corrected chi connectivity index (χ1v) is 7.33. The van der Waals surface area contributed by atoms with E-state index in [0.717, 1.165) is 6.07 Å². The molecule has 1 aromatic rings. The SMILES string of the molecule is CCCC(C(=O)Nc1ccc(Br)cc1C(F)(F)F)C(N)=S. The highest BCUT2D eigenvalue weighted by Gasteiger charge is 2.34. The molecule has 3 nitrogen and oxygen atoms in total. The number of alkyl halides is 3. The number of carbonyl (C=O) groups excluding carboxylic acids is 1. The molecule has 3 N–H and O–H groups in total. The molecule has 1 rings (SSSR count). The lowest BCUT2D eigenvalue weighted by Gasteiger charge is -2.18. The summed E-state index contributed by atoms with van der Waals surface area (Å²) in [5.74, 6) is -1.41. The molecule has 0 aliphatic rings. The van der Waals surface area contributed by atoms with Crippen molar-refractivity contribution in [2.24, 2.45) is 11.7 Å². The predicted molar refractivity (Wildman–Crippen MR) is 83.0 cm³/mol. The van der Waals surface area contributed by atoms with E-state index in [2.05, 4.69) is 21.2 Å². The number of hydrogen-bond donors (Lipinski definition) is 2. The molecular formula is C13H14BrF3N2OS. The fourth-order valence-electron chi connectivity index (χ4n) is 1.77. The Morgan fingerprint density at radius 3 is 2.57 bits per heavy atom. The minimum atomic E-state index is -4.57. The third-order valence-corrected chi connectivity index (χ3v) is 3.56. The number of nitrogens with one attached hydrogen (secondary N) is 1. The van der Waals surface area contributed by atoms with E-state index in [1.54, 1.807) is 0 Å². The van der Waals surface area contributed by atoms with Crippen molar-refractivity contribution in [2.75, 3.05) is 5.32 Å². The van der Waals surface area contributed by atoms with Crippen LogP contribution in [0.15, 0.2) is 22.7 Å². The highest BCUT2D eigenvalue weighted by Crippen LogP contribution is 2.36. The van der Waals surface area contributed by atoms with Crippen molar-refractivity contribution in [1.29, 1.82) is 0 Å². The molecule has 0 heterocycles. The van der Waals surface area contributed by atoms with Crippen LogP contribution in [0.2, 0.25) is 0 Å². The second-order valence-electron chi connectivity index (χ2n) is 4.42. The standard InChI is InChI=1S/C13H14BrF3N2OS/c1-2-3-8(11(18)21)12(20)19-10-5-4-7(14)6-9(10)13(15,16)17/h4-6,8H,2-3H2,1H3,(H2,18,21)(H,19,20). The van der Waals surface area contributed by atoms with Crippen LogP contribution in [-0.2, 0) is 11.0 Å². The molecule has 21 heavy (non-hydrogen) atoms. The molecule has 1 atom stereocenters. The van der Waals surface area contributed by atoms with Gasteiger partial charge in [-0.3, -0.25) is 4.79 Å². The lowest BCUT2D eigenvalue weighted by molar-refractivity contribution is -0.137. The Balaban J connectivity index is 3.07. The number of nitrogens with two attached hydrogens (primary N) is 1. The Kier molecular flexibility index (Phi) is 6.15. The van der Waals surface area contributed by atoms with Gasteiger partial charge in [0.1, 0.15) is 0 Å². The number of rotatable bonds is 5. The van der Waals surface area contributed by atoms with Gasteiger partial charge in [0.2, 0.25) is 5.91 Å². The first kappa shape index (κ1) is 17.9. The minimum absolute atomic E-state index is 0.0278. The second-order valence-corrected chi connectivity index (χ2v) is 5.81. The summed E-state index contributed by atoms with van der Waals surface area (Å²) in [5, 5.41) is 2.26. The van der Waals surface area contributed by atoms with E-state index in [9.17, 15) is 18.0 Å². The molecule has 0 bridgehead atoms. The van der Waals surface area contributed by atoms with Gasteiger partial charge in [-0.05, 0) is 24.6 Å². The number of carbonyl (C=O) groups is 1. The van der Waals surface area contributed by atoms with Crippen molar-refractivity contribution in [1.82, 2.24) is 0 Å². The Morgan fingerprint density at radius 1 is 1.48 bits per heavy atom. The molecule has 0 saturated heterocycles. The van der Waals surface area contributed by atoms with Gasteiger partial charge in [-0.25, -0.2) is 0 Å². The average Bonchev–Trinajstić information content (AvgIpc) is 2.36. The Morgan fingerprint density at radius 2 is 2.10 bits per heavy atom. The number of thiocarbonyl (C=S) groups is 1. The van der Waals surface area contributed by atoms with Crippen molar-refractivity contribution < 1.29 is 18.0 Å². The maximum atomic E-state index is 13.0. The summed E-state index contributed by atoms with van der Waals surface area (Å²) in [7, 11) is 0. The van der Waals surface area contributed by atoms with Gasteiger partial charge in [0.25, 0.3) is 0 Å². The van der Waals surface area contributed by atoms with Gasteiger partial charge in [0.05, 0.1) is 22.2 Å². The largest absolute Gasteiger partial charge is 0.418 e. The topological polar surface area (TPSA) is 55.1 Å². The third-order valence-electron chi connectivity index (χ3n) is 2.78. The van der Waals surface area contributed by atoms with E-state index in [1.807, 2.05) is 6.92 Å². The lowest BCUT2D eigenvalue weighted by Crippen LogP contribution is -2.33. The summed E-state index contributed by atoms with van der Waals surface area (Å²) in [6.45, 7) is 1.83. The van der Waals surface area contributed by atoms with Crippen LogP contribution in [0, 0.1) is 5.92 Å². The van der Waals surface area contributed by atoms with E-state index >= 15 is 0 Å². The van der Waals surface area contributed by atoms with E-state index in [0.29, 0.717) is 12.8 Å². The maximum Gasteiger partial charge on any atom is 0.418 e. The highest BCUT2D eigenvalue weighted by molar-refractivity contribution is 9.10. The molecule has 1 unspecified atom stereocenters. The quantitative estimate of drug-likeness (QED) is 0.753. The van der Waals surface area contributed by atoms with Crippen LogP contribution < -0.4 is 11.1 Å². The summed E-state index contributed by atoms with van der Waals surface area (Å²) in [5.41, 5.74) is 4.23. The number of benzene rings is 1. The fraction of sp³-hybridized carbons (Fsp3) is 0.385. The van der Waals surface area contributed by atoms with Crippen LogP contribution in [0.4, 0.5) is 18.9 Å². The number of anilines is 1. The van der Waals surface area contributed by atoms with Gasteiger partial charge in [-0.2, -0.15) is 13.2 Å². The first-order valence-electron chi connectivity index (χ1n) is 6.13. The van der Waals surface area contributed by atoms with Gasteiger partial charge < -0.3 is 11.1 Å². The van der Waals surface area contributed by atoms with Gasteiger partial charge in [-0.15, -0.1) is 0 Å². The molecule has 0 aliphatic carbocycles. The zero-order chi connectivity index (χ0) is 16.2. The number of hydrogen-bond acceptors (Lipinski definition) is 2. The van der Waals surface area contributed by atoms with Crippen LogP contribution in [0.1, 0.15) is 25.3 Å². The maximum absolute atomic E-state index is 13.0. The summed E-state index contributed by atoms with van der Waals surface area (Å²) in [6.07, 6.45) is -3.54. The molecule has 0 aromatic heterocycles. The van der Waals surface area contributed by atoms with Gasteiger partial charge in [-0.1, -0.05) is 41.5 Å². The monoisotopic (exact) mass is 382 g/mol. The molecular weight excluding hydrogens is 369 g/mol. The van der Waals surface area contributed by atoms with Crippen LogP contribution in [0.3, 0.4) is 0 Å². The number of halogens is 4. The van der Waals surface area contributed by atoms with E-state index in [4.69, 9.17) is 18.0 Å². The molecule has 0 spiro atoms. The van der Waals surface area contributed by atoms with Crippen LogP contribution >= 0.6 is 28.1 Å². The zero-order valence-corrected chi connectivity index (χ0v) is 13.5. The van der Waals surface area contributed by atoms with Crippen molar-refractivity contribution in [2.45, 2.75) is 25.9 Å². The van der Waals surface area contributed by atoms with E-state index in [1.165, 1.54) is 12.1 Å². The molecule has 1 amide bonds. The Bertz CT molecular complexity index is 549. The van der Waals surface area contributed by atoms with E-state index < -0.39 is 23.6 Å². The van der Waals surface area contributed by atoms with Gasteiger partial charge in [0.15, 0.2) is 0 Å². The second kappa shape index (κ2) is 7.22. The Hall–Kier alpha value is -1.15. The van der Waals surface area contributed by atoms with Crippen molar-refractivity contribution in [3.8, 4) is 0 Å². The molecule has 1 aromatic carbocycles. The molecule has 0 saturated carbocycles. The van der Waals surface area contributed by atoms with Gasteiger partial charge in [0, 0.05) is 4.47 Å². The highest BCUT2D eigenvalue weighted by atomic mass is 79.9. The van der Waals surface area contributed by atoms with Crippen molar-refractivity contribution in [3.05, 3.63) is 28.2 Å². The molecule has 116 valence electrons. The summed E-state index contributed by atoms with van der Waals surface area (Å²) in [4.78, 5) is 12.0. The molecule has 0 radical (unpaired) electrons. The summed E-state index contributed by atoms with van der Waals surface area (Å²) >= 11 is 7.77. The first-order chi connectivity index (χ1) is 9.66. The predicted octanol–water partition coefficient (Wildman–Crippen LogP) is 4.11. The van der Waals surface area contributed by atoms with Crippen LogP contribution in [0.25, 0.3) is 0 Å². The van der Waals surface area contributed by atoms with Crippen LogP contribution in [-0.4, -0.2) is 10.9 Å². The van der Waals surface area contributed by atoms with Crippen LogP contribution in [0.5, 0.6) is 0 Å². The average molecular weight is 383 g/mol. The molecule has 0 fully saturated rings. The zero-order valence-electron chi connectivity index (χ0n) is 11.1. The summed E-state index contributed by atoms with van der Waals surface area (Å²) < 4.78 is 39.2. The van der Waals surface area contributed by atoms with E-state index in [-0.39, 0.29) is 15.1 Å². The molecule has 0 aliphatic heterocycles. The van der Waals surface area contributed by atoms with Crippen molar-refractivity contribution in [3.63, 3.8) is 0 Å². The summed E-state index contributed by atoms with van der Waals surface area (Å²) in [6, 6.07) is 3.51. The smallest absolute Gasteiger partial charge is 0.393 e. The van der Waals surface area contributed by atoms with Crippen molar-refractivity contribution >= 4 is 44.7 Å². The normalized spacial score (nSPS) is 12.8. The minimum Gasteiger partial charge on any atom is -0.393 e. The fourth-order valence-corrected chi connectivity index (χ4v) is 2.36. The third kappa shape index (κ3) is 4.96.